The Kier molecular flexibility index (Phi) is 5.27. The monoisotopic (exact) mass is 384 g/mol. The standard InChI is InChI=1S/C21H24N2O3S/c1-2-26-21(25)15-5-7-16(8-6-15)22-19(24)13-23-11-9-18-17(10-12-27-18)20(23)14-3-4-14/h5-8,10,12,14,20H,2-4,9,11,13H2,1H3,(H,22,24)/t20-/m0/s1. The summed E-state index contributed by atoms with van der Waals surface area (Å²) in [5.41, 5.74) is 2.62. The van der Waals surface area contributed by atoms with E-state index in [1.807, 2.05) is 11.3 Å². The van der Waals surface area contributed by atoms with Gasteiger partial charge in [-0.2, -0.15) is 0 Å². The number of hydrogen-bond acceptors (Lipinski definition) is 5. The predicted molar refractivity (Wildman–Crippen MR) is 106 cm³/mol. The van der Waals surface area contributed by atoms with Crippen LogP contribution < -0.4 is 5.32 Å². The molecule has 0 spiro atoms. The molecule has 1 aliphatic heterocycles. The molecule has 1 aromatic carbocycles. The summed E-state index contributed by atoms with van der Waals surface area (Å²) in [6, 6.07) is 9.47. The van der Waals surface area contributed by atoms with Gasteiger partial charge in [0.2, 0.25) is 5.91 Å². The van der Waals surface area contributed by atoms with Gasteiger partial charge in [-0.3, -0.25) is 9.69 Å². The minimum Gasteiger partial charge on any atom is -0.462 e. The molecule has 4 rings (SSSR count). The van der Waals surface area contributed by atoms with E-state index < -0.39 is 0 Å². The Morgan fingerprint density at radius 1 is 1.22 bits per heavy atom. The number of rotatable bonds is 6. The van der Waals surface area contributed by atoms with Gasteiger partial charge in [-0.05, 0) is 73.4 Å². The molecular formula is C21H24N2O3S. The zero-order chi connectivity index (χ0) is 18.8. The number of fused-ring (bicyclic) bond motifs is 1. The van der Waals surface area contributed by atoms with Gasteiger partial charge in [-0.25, -0.2) is 4.79 Å². The minimum atomic E-state index is -0.345. The van der Waals surface area contributed by atoms with Gasteiger partial charge in [0.05, 0.1) is 18.7 Å². The summed E-state index contributed by atoms with van der Waals surface area (Å²) in [5, 5.41) is 5.13. The number of carbonyl (C=O) groups is 2. The molecule has 2 aromatic rings. The minimum absolute atomic E-state index is 0.0109. The van der Waals surface area contributed by atoms with Crippen molar-refractivity contribution in [3.63, 3.8) is 0 Å². The first-order valence-corrected chi connectivity index (χ1v) is 10.4. The third-order valence-corrected chi connectivity index (χ3v) is 6.21. The maximum atomic E-state index is 12.6. The van der Waals surface area contributed by atoms with E-state index in [0.717, 1.165) is 13.0 Å². The molecule has 0 unspecified atom stereocenters. The van der Waals surface area contributed by atoms with Crippen LogP contribution in [-0.2, 0) is 16.0 Å². The Morgan fingerprint density at radius 2 is 2.00 bits per heavy atom. The van der Waals surface area contributed by atoms with Crippen LogP contribution in [0.4, 0.5) is 5.69 Å². The molecule has 0 radical (unpaired) electrons. The largest absolute Gasteiger partial charge is 0.462 e. The summed E-state index contributed by atoms with van der Waals surface area (Å²) in [4.78, 5) is 28.1. The molecule has 2 heterocycles. The van der Waals surface area contributed by atoms with Gasteiger partial charge in [0, 0.05) is 23.2 Å². The zero-order valence-corrected chi connectivity index (χ0v) is 16.3. The highest BCUT2D eigenvalue weighted by Crippen LogP contribution is 2.48. The highest BCUT2D eigenvalue weighted by molar-refractivity contribution is 7.10. The third-order valence-electron chi connectivity index (χ3n) is 5.21. The summed E-state index contributed by atoms with van der Waals surface area (Å²) >= 11 is 1.84. The first-order valence-electron chi connectivity index (χ1n) is 9.53. The van der Waals surface area contributed by atoms with Crippen LogP contribution in [0.25, 0.3) is 0 Å². The number of nitrogens with zero attached hydrogens (tertiary/aromatic N) is 1. The van der Waals surface area contributed by atoms with Crippen LogP contribution in [0, 0.1) is 5.92 Å². The summed E-state index contributed by atoms with van der Waals surface area (Å²) < 4.78 is 4.98. The molecule has 2 aliphatic rings. The van der Waals surface area contributed by atoms with E-state index in [4.69, 9.17) is 4.74 Å². The van der Waals surface area contributed by atoms with Gasteiger partial charge in [-0.1, -0.05) is 0 Å². The van der Waals surface area contributed by atoms with Crippen molar-refractivity contribution in [2.24, 2.45) is 5.92 Å². The highest BCUT2D eigenvalue weighted by Gasteiger charge is 2.40. The number of benzene rings is 1. The zero-order valence-electron chi connectivity index (χ0n) is 15.4. The van der Waals surface area contributed by atoms with Crippen molar-refractivity contribution in [3.05, 3.63) is 51.7 Å². The molecule has 1 saturated carbocycles. The Balaban J connectivity index is 1.38. The van der Waals surface area contributed by atoms with Gasteiger partial charge < -0.3 is 10.1 Å². The quantitative estimate of drug-likeness (QED) is 0.768. The molecule has 1 fully saturated rings. The van der Waals surface area contributed by atoms with Crippen molar-refractivity contribution in [1.29, 1.82) is 0 Å². The summed E-state index contributed by atoms with van der Waals surface area (Å²) in [5.74, 6) is 0.334. The highest BCUT2D eigenvalue weighted by atomic mass is 32.1. The van der Waals surface area contributed by atoms with E-state index in [1.54, 1.807) is 31.2 Å². The second-order valence-electron chi connectivity index (χ2n) is 7.15. The lowest BCUT2D eigenvalue weighted by Crippen LogP contribution is -2.41. The van der Waals surface area contributed by atoms with E-state index in [2.05, 4.69) is 21.7 Å². The molecule has 27 heavy (non-hydrogen) atoms. The number of esters is 1. The Labute approximate surface area is 163 Å². The van der Waals surface area contributed by atoms with Gasteiger partial charge >= 0.3 is 5.97 Å². The number of nitrogens with one attached hydrogen (secondary N) is 1. The van der Waals surface area contributed by atoms with Gasteiger partial charge in [0.1, 0.15) is 0 Å². The average molecular weight is 385 g/mol. The molecule has 6 heteroatoms. The lowest BCUT2D eigenvalue weighted by molar-refractivity contribution is -0.118. The lowest BCUT2D eigenvalue weighted by Gasteiger charge is -2.35. The second kappa shape index (κ2) is 7.82. The number of ether oxygens (including phenoxy) is 1. The van der Waals surface area contributed by atoms with E-state index in [9.17, 15) is 9.59 Å². The lowest BCUT2D eigenvalue weighted by atomic mass is 9.96. The fraction of sp³-hybridized carbons (Fsp3) is 0.429. The van der Waals surface area contributed by atoms with Crippen LogP contribution in [-0.4, -0.2) is 36.5 Å². The van der Waals surface area contributed by atoms with Crippen molar-refractivity contribution < 1.29 is 14.3 Å². The van der Waals surface area contributed by atoms with Gasteiger partial charge in [0.15, 0.2) is 0 Å². The molecule has 0 bridgehead atoms. The van der Waals surface area contributed by atoms with Gasteiger partial charge in [-0.15, -0.1) is 11.3 Å². The number of carbonyl (C=O) groups excluding carboxylic acids is 2. The third kappa shape index (κ3) is 4.06. The van der Waals surface area contributed by atoms with E-state index in [1.165, 1.54) is 23.3 Å². The fourth-order valence-corrected chi connectivity index (χ4v) is 4.74. The second-order valence-corrected chi connectivity index (χ2v) is 8.15. The molecular weight excluding hydrogens is 360 g/mol. The normalized spacial score (nSPS) is 19.4. The topological polar surface area (TPSA) is 58.6 Å². The SMILES string of the molecule is CCOC(=O)c1ccc(NC(=O)CN2CCc3sccc3[C@@H]2C2CC2)cc1. The van der Waals surface area contributed by atoms with Crippen molar-refractivity contribution in [2.45, 2.75) is 32.2 Å². The fourth-order valence-electron chi connectivity index (χ4n) is 3.83. The predicted octanol–water partition coefficient (Wildman–Crippen LogP) is 3.87. The van der Waals surface area contributed by atoms with Crippen molar-refractivity contribution >= 4 is 28.9 Å². The maximum Gasteiger partial charge on any atom is 0.338 e. The molecule has 142 valence electrons. The van der Waals surface area contributed by atoms with Crippen LogP contribution in [0.2, 0.25) is 0 Å². The van der Waals surface area contributed by atoms with Crippen LogP contribution in [0.1, 0.15) is 46.6 Å². The van der Waals surface area contributed by atoms with E-state index in [0.29, 0.717) is 36.4 Å². The Hall–Kier alpha value is -2.18. The average Bonchev–Trinajstić information content (AvgIpc) is 3.38. The number of anilines is 1. The maximum absolute atomic E-state index is 12.6. The Bertz CT molecular complexity index is 826. The molecule has 1 N–H and O–H groups in total. The van der Waals surface area contributed by atoms with Crippen LogP contribution in [0.5, 0.6) is 0 Å². The van der Waals surface area contributed by atoms with Crippen molar-refractivity contribution in [1.82, 2.24) is 4.90 Å². The molecule has 1 aromatic heterocycles. The van der Waals surface area contributed by atoms with Crippen LogP contribution >= 0.6 is 11.3 Å². The number of thiophene rings is 1. The molecule has 1 amide bonds. The van der Waals surface area contributed by atoms with Crippen LogP contribution in [0.15, 0.2) is 35.7 Å². The Morgan fingerprint density at radius 3 is 2.70 bits per heavy atom. The van der Waals surface area contributed by atoms with Crippen LogP contribution in [0.3, 0.4) is 0 Å². The van der Waals surface area contributed by atoms with Crippen molar-refractivity contribution in [3.8, 4) is 0 Å². The summed E-state index contributed by atoms with van der Waals surface area (Å²) in [7, 11) is 0. The number of amides is 1. The molecule has 5 nitrogen and oxygen atoms in total. The smallest absolute Gasteiger partial charge is 0.338 e. The molecule has 0 saturated heterocycles. The first-order chi connectivity index (χ1) is 13.2. The number of hydrogen-bond donors (Lipinski definition) is 1. The summed E-state index contributed by atoms with van der Waals surface area (Å²) in [6.07, 6.45) is 3.54. The molecule has 1 aliphatic carbocycles. The molecule has 1 atom stereocenters. The van der Waals surface area contributed by atoms with E-state index >= 15 is 0 Å². The summed E-state index contributed by atoms with van der Waals surface area (Å²) in [6.45, 7) is 3.46. The van der Waals surface area contributed by atoms with E-state index in [-0.39, 0.29) is 11.9 Å². The van der Waals surface area contributed by atoms with Gasteiger partial charge in [0.25, 0.3) is 0 Å². The van der Waals surface area contributed by atoms with Crippen molar-refractivity contribution in [2.75, 3.05) is 25.0 Å². The first kappa shape index (κ1) is 18.2.